The highest BCUT2D eigenvalue weighted by atomic mass is 16.5. The topological polar surface area (TPSA) is 56.8 Å². The minimum absolute atomic E-state index is 0.326. The van der Waals surface area contributed by atoms with E-state index in [1.807, 2.05) is 48.5 Å². The fourth-order valence-corrected chi connectivity index (χ4v) is 2.51. The van der Waals surface area contributed by atoms with Crippen LogP contribution in [0.4, 0.5) is 5.69 Å². The van der Waals surface area contributed by atoms with Crippen LogP contribution in [0.25, 0.3) is 5.57 Å². The third-order valence-electron chi connectivity index (χ3n) is 3.91. The zero-order valence-electron chi connectivity index (χ0n) is 16.3. The molecule has 0 aromatic heterocycles. The fourth-order valence-electron chi connectivity index (χ4n) is 2.51. The second-order valence-corrected chi connectivity index (χ2v) is 6.50. The number of hydrogen-bond donors (Lipinski definition) is 1. The highest BCUT2D eigenvalue weighted by molar-refractivity contribution is 6.16. The zero-order chi connectivity index (χ0) is 19.6. The Kier molecular flexibility index (Phi) is 7.74. The van der Waals surface area contributed by atoms with Crippen molar-refractivity contribution in [2.24, 2.45) is 5.92 Å². The summed E-state index contributed by atoms with van der Waals surface area (Å²) in [4.78, 5) is 12.1. The molecule has 0 unspecified atom stereocenters. The third-order valence-corrected chi connectivity index (χ3v) is 3.91. The number of nitrogens with one attached hydrogen (secondary N) is 1. The van der Waals surface area contributed by atoms with E-state index in [2.05, 4.69) is 19.2 Å². The number of hydrogen-bond acceptors (Lipinski definition) is 5. The smallest absolute Gasteiger partial charge is 0.341 e. The second-order valence-electron chi connectivity index (χ2n) is 6.50. The van der Waals surface area contributed by atoms with Crippen molar-refractivity contribution < 1.29 is 19.0 Å². The Labute approximate surface area is 161 Å². The van der Waals surface area contributed by atoms with Crippen LogP contribution >= 0.6 is 0 Å². The van der Waals surface area contributed by atoms with Gasteiger partial charge in [0.25, 0.3) is 0 Å². The molecule has 0 radical (unpaired) electrons. The van der Waals surface area contributed by atoms with E-state index in [0.29, 0.717) is 18.1 Å². The van der Waals surface area contributed by atoms with Crippen LogP contribution in [0.3, 0.4) is 0 Å². The van der Waals surface area contributed by atoms with Gasteiger partial charge in [0.15, 0.2) is 0 Å². The fraction of sp³-hybridized carbons (Fsp3) is 0.318. The van der Waals surface area contributed by atoms with Gasteiger partial charge < -0.3 is 19.5 Å². The van der Waals surface area contributed by atoms with Crippen molar-refractivity contribution in [3.8, 4) is 5.75 Å². The summed E-state index contributed by atoms with van der Waals surface area (Å²) in [6.07, 6.45) is 1.39. The van der Waals surface area contributed by atoms with Crippen molar-refractivity contribution in [3.63, 3.8) is 0 Å². The Morgan fingerprint density at radius 1 is 1.07 bits per heavy atom. The lowest BCUT2D eigenvalue weighted by Gasteiger charge is -2.13. The van der Waals surface area contributed by atoms with Crippen molar-refractivity contribution in [1.29, 1.82) is 0 Å². The number of benzene rings is 2. The molecule has 0 aliphatic rings. The first kappa shape index (κ1) is 20.4. The van der Waals surface area contributed by atoms with Crippen molar-refractivity contribution in [2.75, 3.05) is 26.1 Å². The monoisotopic (exact) mass is 369 g/mol. The van der Waals surface area contributed by atoms with Crippen LogP contribution in [-0.4, -0.2) is 26.7 Å². The number of carbonyl (C=O) groups is 1. The maximum atomic E-state index is 12.1. The van der Waals surface area contributed by atoms with Gasteiger partial charge >= 0.3 is 5.97 Å². The summed E-state index contributed by atoms with van der Waals surface area (Å²) in [5.41, 5.74) is 3.01. The van der Waals surface area contributed by atoms with Crippen LogP contribution in [0.1, 0.15) is 25.0 Å². The standard InChI is InChI=1S/C22H27NO4/c1-16(2)13-23-18-9-11-19(12-10-18)27-14-17-7-5-6-8-20(17)21(15-25-3)22(24)26-4/h5-12,15-16,23H,13-14H2,1-4H3. The van der Waals surface area contributed by atoms with Crippen LogP contribution in [0.2, 0.25) is 0 Å². The van der Waals surface area contributed by atoms with E-state index in [1.165, 1.54) is 20.5 Å². The Balaban J connectivity index is 2.10. The lowest BCUT2D eigenvalue weighted by atomic mass is 10.0. The van der Waals surface area contributed by atoms with Crippen LogP contribution < -0.4 is 10.1 Å². The number of ether oxygens (including phenoxy) is 3. The molecule has 27 heavy (non-hydrogen) atoms. The number of methoxy groups -OCH3 is 2. The highest BCUT2D eigenvalue weighted by Gasteiger charge is 2.16. The van der Waals surface area contributed by atoms with Gasteiger partial charge in [-0.15, -0.1) is 0 Å². The predicted molar refractivity (Wildman–Crippen MR) is 108 cm³/mol. The molecule has 2 aromatic carbocycles. The average Bonchev–Trinajstić information content (AvgIpc) is 2.69. The Morgan fingerprint density at radius 2 is 1.78 bits per heavy atom. The van der Waals surface area contributed by atoms with Crippen LogP contribution in [0.5, 0.6) is 5.75 Å². The first-order valence-electron chi connectivity index (χ1n) is 8.91. The van der Waals surface area contributed by atoms with Gasteiger partial charge in [-0.3, -0.25) is 0 Å². The first-order chi connectivity index (χ1) is 13.0. The molecule has 2 rings (SSSR count). The van der Waals surface area contributed by atoms with Gasteiger partial charge in [-0.1, -0.05) is 38.1 Å². The minimum atomic E-state index is -0.454. The summed E-state index contributed by atoms with van der Waals surface area (Å²) in [5.74, 6) is 0.890. The molecule has 0 atom stereocenters. The molecule has 0 aliphatic carbocycles. The Bertz CT molecular complexity index is 766. The molecule has 5 nitrogen and oxygen atoms in total. The predicted octanol–water partition coefficient (Wildman–Crippen LogP) is 4.49. The van der Waals surface area contributed by atoms with Crippen molar-refractivity contribution >= 4 is 17.2 Å². The SMILES string of the molecule is COC=C(C(=O)OC)c1ccccc1COc1ccc(NCC(C)C)cc1. The zero-order valence-corrected chi connectivity index (χ0v) is 16.3. The molecule has 0 saturated heterocycles. The molecule has 0 fully saturated rings. The van der Waals surface area contributed by atoms with Gasteiger partial charge in [-0.05, 0) is 41.3 Å². The molecule has 0 heterocycles. The van der Waals surface area contributed by atoms with Gasteiger partial charge in [0, 0.05) is 12.2 Å². The summed E-state index contributed by atoms with van der Waals surface area (Å²) in [6, 6.07) is 15.4. The number of esters is 1. The van der Waals surface area contributed by atoms with Crippen molar-refractivity contribution in [3.05, 3.63) is 65.9 Å². The van der Waals surface area contributed by atoms with Crippen molar-refractivity contribution in [2.45, 2.75) is 20.5 Å². The van der Waals surface area contributed by atoms with E-state index in [4.69, 9.17) is 14.2 Å². The minimum Gasteiger partial charge on any atom is -0.503 e. The molecule has 0 saturated carbocycles. The van der Waals surface area contributed by atoms with Gasteiger partial charge in [0.1, 0.15) is 17.9 Å². The summed E-state index contributed by atoms with van der Waals surface area (Å²) < 4.78 is 15.8. The summed E-state index contributed by atoms with van der Waals surface area (Å²) in [7, 11) is 2.84. The molecule has 2 aromatic rings. The molecule has 0 spiro atoms. The Morgan fingerprint density at radius 3 is 2.41 bits per heavy atom. The quantitative estimate of drug-likeness (QED) is 0.401. The van der Waals surface area contributed by atoms with Gasteiger partial charge in [-0.25, -0.2) is 4.79 Å². The summed E-state index contributed by atoms with van der Waals surface area (Å²) in [5, 5.41) is 3.37. The van der Waals surface area contributed by atoms with E-state index >= 15 is 0 Å². The van der Waals surface area contributed by atoms with E-state index in [1.54, 1.807) is 0 Å². The van der Waals surface area contributed by atoms with E-state index in [0.717, 1.165) is 29.1 Å². The maximum absolute atomic E-state index is 12.1. The molecule has 1 N–H and O–H groups in total. The van der Waals surface area contributed by atoms with Gasteiger partial charge in [-0.2, -0.15) is 0 Å². The lowest BCUT2D eigenvalue weighted by Crippen LogP contribution is -2.08. The molecule has 0 bridgehead atoms. The molecule has 144 valence electrons. The molecular weight excluding hydrogens is 342 g/mol. The number of anilines is 1. The van der Waals surface area contributed by atoms with E-state index in [-0.39, 0.29) is 0 Å². The normalized spacial score (nSPS) is 11.2. The molecule has 0 amide bonds. The second kappa shape index (κ2) is 10.3. The van der Waals surface area contributed by atoms with Crippen LogP contribution in [-0.2, 0) is 20.9 Å². The summed E-state index contributed by atoms with van der Waals surface area (Å²) in [6.45, 7) is 5.59. The average molecular weight is 369 g/mol. The maximum Gasteiger partial charge on any atom is 0.341 e. The van der Waals surface area contributed by atoms with Crippen molar-refractivity contribution in [1.82, 2.24) is 0 Å². The number of rotatable bonds is 9. The third kappa shape index (κ3) is 6.06. The number of carbonyl (C=O) groups excluding carboxylic acids is 1. The van der Waals surface area contributed by atoms with Crippen LogP contribution in [0, 0.1) is 5.92 Å². The van der Waals surface area contributed by atoms with Gasteiger partial charge in [0.05, 0.1) is 20.5 Å². The van der Waals surface area contributed by atoms with Gasteiger partial charge in [0.2, 0.25) is 0 Å². The largest absolute Gasteiger partial charge is 0.503 e. The van der Waals surface area contributed by atoms with E-state index < -0.39 is 5.97 Å². The molecular formula is C22H27NO4. The van der Waals surface area contributed by atoms with Crippen LogP contribution in [0.15, 0.2) is 54.8 Å². The highest BCUT2D eigenvalue weighted by Crippen LogP contribution is 2.23. The van der Waals surface area contributed by atoms with E-state index in [9.17, 15) is 4.79 Å². The molecule has 5 heteroatoms. The Hall–Kier alpha value is -2.95. The first-order valence-corrected chi connectivity index (χ1v) is 8.91. The molecule has 0 aliphatic heterocycles. The summed E-state index contributed by atoms with van der Waals surface area (Å²) >= 11 is 0. The lowest BCUT2D eigenvalue weighted by molar-refractivity contribution is -0.133.